The zero-order valence-corrected chi connectivity index (χ0v) is 11.2. The van der Waals surface area contributed by atoms with E-state index in [0.717, 1.165) is 17.2 Å². The molecule has 0 aliphatic rings. The van der Waals surface area contributed by atoms with E-state index in [0.29, 0.717) is 12.4 Å². The summed E-state index contributed by atoms with van der Waals surface area (Å²) in [5, 5.41) is 0. The van der Waals surface area contributed by atoms with E-state index >= 15 is 0 Å². The highest BCUT2D eigenvalue weighted by Gasteiger charge is 2.08. The molecule has 2 aromatic rings. The normalized spacial score (nSPS) is 11.1. The van der Waals surface area contributed by atoms with Gasteiger partial charge in [0, 0.05) is 19.2 Å². The van der Waals surface area contributed by atoms with Gasteiger partial charge in [-0.15, -0.1) is 0 Å². The van der Waals surface area contributed by atoms with Crippen molar-refractivity contribution in [3.8, 4) is 0 Å². The maximum atomic E-state index is 11.9. The van der Waals surface area contributed by atoms with Crippen LogP contribution in [0.1, 0.15) is 23.1 Å². The van der Waals surface area contributed by atoms with Crippen LogP contribution < -0.4 is 0 Å². The van der Waals surface area contributed by atoms with E-state index in [1.165, 1.54) is 6.08 Å². The van der Waals surface area contributed by atoms with Crippen molar-refractivity contribution in [3.05, 3.63) is 47.6 Å². The molecule has 0 bridgehead atoms. The number of furan rings is 1. The van der Waals surface area contributed by atoms with Gasteiger partial charge in [0.2, 0.25) is 11.8 Å². The number of hydrogen-bond donors (Lipinski definition) is 0. The smallest absolute Gasteiger partial charge is 0.246 e. The Morgan fingerprint density at radius 1 is 1.42 bits per heavy atom. The molecule has 100 valence electrons. The van der Waals surface area contributed by atoms with Crippen LogP contribution in [0.3, 0.4) is 0 Å². The van der Waals surface area contributed by atoms with Gasteiger partial charge in [0.25, 0.3) is 0 Å². The van der Waals surface area contributed by atoms with Crippen LogP contribution in [-0.4, -0.2) is 22.8 Å². The molecule has 1 amide bonds. The summed E-state index contributed by atoms with van der Waals surface area (Å²) in [6.07, 6.45) is 4.53. The average Bonchev–Trinajstić information content (AvgIpc) is 2.95. The van der Waals surface area contributed by atoms with Crippen LogP contribution in [-0.2, 0) is 11.3 Å². The Kier molecular flexibility index (Phi) is 3.85. The first kappa shape index (κ1) is 13.1. The first-order chi connectivity index (χ1) is 9.04. The van der Waals surface area contributed by atoms with E-state index in [4.69, 9.17) is 8.83 Å². The van der Waals surface area contributed by atoms with E-state index in [-0.39, 0.29) is 5.91 Å². The Morgan fingerprint density at radius 2 is 2.21 bits per heavy atom. The molecule has 0 radical (unpaired) electrons. The largest absolute Gasteiger partial charge is 0.464 e. The molecule has 0 saturated heterocycles. The van der Waals surface area contributed by atoms with Crippen LogP contribution in [0.2, 0.25) is 0 Å². The van der Waals surface area contributed by atoms with Gasteiger partial charge in [0.15, 0.2) is 0 Å². The monoisotopic (exact) mass is 260 g/mol. The summed E-state index contributed by atoms with van der Waals surface area (Å²) in [7, 11) is 1.71. The fraction of sp³-hybridized carbons (Fsp3) is 0.286. The number of amides is 1. The second-order valence-corrected chi connectivity index (χ2v) is 4.37. The van der Waals surface area contributed by atoms with Crippen LogP contribution in [0.15, 0.2) is 33.3 Å². The van der Waals surface area contributed by atoms with Crippen molar-refractivity contribution in [2.75, 3.05) is 7.05 Å². The minimum absolute atomic E-state index is 0.134. The third kappa shape index (κ3) is 3.58. The third-order valence-corrected chi connectivity index (χ3v) is 2.57. The van der Waals surface area contributed by atoms with E-state index in [1.807, 2.05) is 26.0 Å². The quantitative estimate of drug-likeness (QED) is 0.793. The third-order valence-electron chi connectivity index (χ3n) is 2.57. The van der Waals surface area contributed by atoms with Crippen molar-refractivity contribution in [1.29, 1.82) is 0 Å². The number of hydrogen-bond acceptors (Lipinski definition) is 4. The number of rotatable bonds is 4. The zero-order chi connectivity index (χ0) is 13.8. The van der Waals surface area contributed by atoms with Crippen molar-refractivity contribution in [2.45, 2.75) is 20.4 Å². The van der Waals surface area contributed by atoms with Crippen molar-refractivity contribution >= 4 is 12.0 Å². The van der Waals surface area contributed by atoms with Crippen LogP contribution in [0.4, 0.5) is 0 Å². The zero-order valence-electron chi connectivity index (χ0n) is 11.2. The van der Waals surface area contributed by atoms with Crippen molar-refractivity contribution in [3.63, 3.8) is 0 Å². The molecular formula is C14H16N2O3. The van der Waals surface area contributed by atoms with E-state index in [9.17, 15) is 4.79 Å². The summed E-state index contributed by atoms with van der Waals surface area (Å²) in [5.74, 6) is 1.88. The molecule has 0 aromatic carbocycles. The van der Waals surface area contributed by atoms with Gasteiger partial charge in [-0.2, -0.15) is 0 Å². The molecule has 5 nitrogen and oxygen atoms in total. The fourth-order valence-electron chi connectivity index (χ4n) is 1.60. The van der Waals surface area contributed by atoms with Gasteiger partial charge in [0.1, 0.15) is 17.8 Å². The molecule has 0 N–H and O–H groups in total. The Balaban J connectivity index is 1.94. The minimum Gasteiger partial charge on any atom is -0.464 e. The highest BCUT2D eigenvalue weighted by atomic mass is 16.3. The summed E-state index contributed by atoms with van der Waals surface area (Å²) < 4.78 is 10.6. The Labute approximate surface area is 111 Å². The summed E-state index contributed by atoms with van der Waals surface area (Å²) in [5.41, 5.74) is 0.784. The summed E-state index contributed by atoms with van der Waals surface area (Å²) >= 11 is 0. The van der Waals surface area contributed by atoms with Gasteiger partial charge >= 0.3 is 0 Å². The van der Waals surface area contributed by atoms with Crippen LogP contribution in [0.25, 0.3) is 6.08 Å². The lowest BCUT2D eigenvalue weighted by atomic mass is 10.3. The molecule has 2 aromatic heterocycles. The van der Waals surface area contributed by atoms with Gasteiger partial charge in [-0.25, -0.2) is 4.98 Å². The molecule has 0 saturated carbocycles. The van der Waals surface area contributed by atoms with Gasteiger partial charge in [-0.3, -0.25) is 4.79 Å². The minimum atomic E-state index is -0.134. The van der Waals surface area contributed by atoms with Crippen LogP contribution in [0, 0.1) is 13.8 Å². The lowest BCUT2D eigenvalue weighted by Gasteiger charge is -2.12. The molecule has 5 heteroatoms. The number of nitrogens with zero attached hydrogens (tertiary/aromatic N) is 2. The number of carbonyl (C=O) groups is 1. The lowest BCUT2D eigenvalue weighted by Crippen LogP contribution is -2.23. The highest BCUT2D eigenvalue weighted by Crippen LogP contribution is 2.09. The molecule has 0 spiro atoms. The molecule has 0 aliphatic carbocycles. The predicted molar refractivity (Wildman–Crippen MR) is 70.2 cm³/mol. The number of oxazole rings is 1. The van der Waals surface area contributed by atoms with Gasteiger partial charge in [-0.1, -0.05) is 0 Å². The highest BCUT2D eigenvalue weighted by molar-refractivity contribution is 5.90. The van der Waals surface area contributed by atoms with E-state index < -0.39 is 0 Å². The first-order valence-electron chi connectivity index (χ1n) is 5.95. The maximum absolute atomic E-state index is 11.9. The molecule has 0 fully saturated rings. The van der Waals surface area contributed by atoms with Gasteiger partial charge in [0.05, 0.1) is 12.2 Å². The van der Waals surface area contributed by atoms with E-state index in [1.54, 1.807) is 24.3 Å². The Hall–Kier alpha value is -2.30. The standard InChI is InChI=1S/C14H16N2O3/c1-10-9-18-13(15-10)6-7-14(17)16(3)8-12-5-4-11(2)19-12/h4-7,9H,8H2,1-3H3. The summed E-state index contributed by atoms with van der Waals surface area (Å²) in [6, 6.07) is 3.74. The van der Waals surface area contributed by atoms with Crippen molar-refractivity contribution in [1.82, 2.24) is 9.88 Å². The maximum Gasteiger partial charge on any atom is 0.246 e. The number of carbonyl (C=O) groups excluding carboxylic acids is 1. The topological polar surface area (TPSA) is 59.5 Å². The van der Waals surface area contributed by atoms with Gasteiger partial charge in [-0.05, 0) is 26.0 Å². The van der Waals surface area contributed by atoms with Crippen molar-refractivity contribution < 1.29 is 13.6 Å². The Bertz CT molecular complexity index is 595. The van der Waals surface area contributed by atoms with Crippen LogP contribution in [0.5, 0.6) is 0 Å². The summed E-state index contributed by atoms with van der Waals surface area (Å²) in [6.45, 7) is 4.13. The molecule has 2 rings (SSSR count). The lowest BCUT2D eigenvalue weighted by molar-refractivity contribution is -0.125. The van der Waals surface area contributed by atoms with Crippen LogP contribution >= 0.6 is 0 Å². The number of likely N-dealkylation sites (N-methyl/N-ethyl adjacent to an activating group) is 1. The second kappa shape index (κ2) is 5.56. The molecule has 0 unspecified atom stereocenters. The molecule has 19 heavy (non-hydrogen) atoms. The molecule has 0 aliphatic heterocycles. The molecule has 0 atom stereocenters. The average molecular weight is 260 g/mol. The van der Waals surface area contributed by atoms with Crippen molar-refractivity contribution in [2.24, 2.45) is 0 Å². The second-order valence-electron chi connectivity index (χ2n) is 4.37. The summed E-state index contributed by atoms with van der Waals surface area (Å²) in [4.78, 5) is 17.5. The first-order valence-corrected chi connectivity index (χ1v) is 5.95. The fourth-order valence-corrected chi connectivity index (χ4v) is 1.60. The Morgan fingerprint density at radius 3 is 2.79 bits per heavy atom. The predicted octanol–water partition coefficient (Wildman–Crippen LogP) is 2.56. The SMILES string of the molecule is Cc1coc(C=CC(=O)N(C)Cc2ccc(C)o2)n1. The van der Waals surface area contributed by atoms with E-state index in [2.05, 4.69) is 4.98 Å². The number of aromatic nitrogens is 1. The molecular weight excluding hydrogens is 244 g/mol. The number of aryl methyl sites for hydroxylation is 2. The molecule has 2 heterocycles. The van der Waals surface area contributed by atoms with Gasteiger partial charge < -0.3 is 13.7 Å².